The molecule has 3 N–H and O–H groups in total. The smallest absolute Gasteiger partial charge is 0.387 e. The van der Waals surface area contributed by atoms with Crippen molar-refractivity contribution in [1.82, 2.24) is 26.2 Å². The largest absolute Gasteiger partial charge is 0.434 e. The molecule has 1 unspecified atom stereocenters. The fraction of sp³-hybridized carbons (Fsp3) is 0.211. The van der Waals surface area contributed by atoms with Gasteiger partial charge in [0.1, 0.15) is 5.75 Å². The molecule has 0 aromatic heterocycles. The van der Waals surface area contributed by atoms with E-state index >= 15 is 0 Å². The van der Waals surface area contributed by atoms with Crippen molar-refractivity contribution >= 4 is 30.3 Å². The fourth-order valence-electron chi connectivity index (χ4n) is 3.32. The second kappa shape index (κ2) is 8.88. The molecule has 1 aromatic carbocycles. The molecule has 3 aliphatic rings. The summed E-state index contributed by atoms with van der Waals surface area (Å²) in [6.45, 7) is -2.77. The van der Waals surface area contributed by atoms with Crippen LogP contribution in [0.2, 0.25) is 0 Å². The van der Waals surface area contributed by atoms with Gasteiger partial charge in [-0.3, -0.25) is 19.6 Å². The van der Waals surface area contributed by atoms with Gasteiger partial charge in [-0.2, -0.15) is 8.78 Å². The number of halogens is 2. The Hall–Kier alpha value is -3.22. The van der Waals surface area contributed by atoms with Crippen LogP contribution in [0, 0.1) is 0 Å². The average Bonchev–Trinajstić information content (AvgIpc) is 3.37. The van der Waals surface area contributed by atoms with E-state index in [2.05, 4.69) is 25.9 Å². The quantitative estimate of drug-likeness (QED) is 0.431. The van der Waals surface area contributed by atoms with E-state index in [1.807, 2.05) is 6.26 Å². The van der Waals surface area contributed by atoms with E-state index in [0.717, 1.165) is 9.90 Å². The maximum atomic E-state index is 12.9. The fourth-order valence-corrected chi connectivity index (χ4v) is 3.77. The number of nitrogens with one attached hydrogen (secondary N) is 3. The lowest BCUT2D eigenvalue weighted by Crippen LogP contribution is -2.34. The molecule has 0 aliphatic carbocycles. The lowest BCUT2D eigenvalue weighted by atomic mass is 10.0. The van der Waals surface area contributed by atoms with Gasteiger partial charge in [0.15, 0.2) is 5.82 Å². The summed E-state index contributed by atoms with van der Waals surface area (Å²) in [7, 11) is 0. The number of aliphatic imine (C=N–C) groups is 1. The van der Waals surface area contributed by atoms with Gasteiger partial charge in [-0.05, 0) is 30.5 Å². The lowest BCUT2D eigenvalue weighted by molar-refractivity contribution is -0.118. The Morgan fingerprint density at radius 1 is 1.45 bits per heavy atom. The predicted molar refractivity (Wildman–Crippen MR) is 109 cm³/mol. The first-order valence-corrected chi connectivity index (χ1v) is 10.3. The summed E-state index contributed by atoms with van der Waals surface area (Å²) in [5, 5.41) is 5.51. The zero-order chi connectivity index (χ0) is 22.0. The number of benzene rings is 1. The van der Waals surface area contributed by atoms with Crippen LogP contribution in [-0.2, 0) is 9.59 Å². The number of fused-ring (bicyclic) bond motifs is 1. The number of carbonyl (C=O) groups is 2. The maximum Gasteiger partial charge on any atom is 0.387 e. The molecule has 9 nitrogen and oxygen atoms in total. The number of thioether (sulfide) groups is 1. The van der Waals surface area contributed by atoms with Gasteiger partial charge in [0.05, 0.1) is 17.3 Å². The Balaban J connectivity index is 1.64. The van der Waals surface area contributed by atoms with Crippen LogP contribution < -0.4 is 20.9 Å². The molecule has 0 spiro atoms. The van der Waals surface area contributed by atoms with Crippen molar-refractivity contribution in [3.8, 4) is 5.75 Å². The number of alkyl halides is 2. The minimum absolute atomic E-state index is 0.0593. The van der Waals surface area contributed by atoms with Crippen molar-refractivity contribution in [2.24, 2.45) is 4.99 Å². The summed E-state index contributed by atoms with van der Waals surface area (Å²) in [6, 6.07) is 3.97. The van der Waals surface area contributed by atoms with Crippen LogP contribution in [0.5, 0.6) is 5.75 Å². The Bertz CT molecular complexity index is 1030. The van der Waals surface area contributed by atoms with Crippen LogP contribution in [0.15, 0.2) is 63.7 Å². The minimum Gasteiger partial charge on any atom is -0.434 e. The van der Waals surface area contributed by atoms with Crippen molar-refractivity contribution in [3.63, 3.8) is 0 Å². The molecule has 162 valence electrons. The van der Waals surface area contributed by atoms with E-state index in [-0.39, 0.29) is 12.3 Å². The number of nitrogens with zero attached hydrogens (tertiary/aromatic N) is 3. The van der Waals surface area contributed by atoms with E-state index in [1.165, 1.54) is 24.0 Å². The van der Waals surface area contributed by atoms with E-state index in [9.17, 15) is 18.4 Å². The average molecular weight is 448 g/mol. The van der Waals surface area contributed by atoms with Crippen molar-refractivity contribution in [2.75, 3.05) is 12.8 Å². The molecular weight excluding hydrogens is 430 g/mol. The van der Waals surface area contributed by atoms with E-state index < -0.39 is 18.6 Å². The first-order chi connectivity index (χ1) is 15.0. The molecule has 2 amide bonds. The normalized spacial score (nSPS) is 19.7. The number of hydrazine groups is 2. The van der Waals surface area contributed by atoms with Crippen molar-refractivity contribution in [1.29, 1.82) is 0 Å². The highest BCUT2D eigenvalue weighted by molar-refractivity contribution is 7.98. The van der Waals surface area contributed by atoms with Gasteiger partial charge in [0, 0.05) is 35.6 Å². The minimum atomic E-state index is -3.02. The van der Waals surface area contributed by atoms with Gasteiger partial charge in [0.25, 0.3) is 5.91 Å². The van der Waals surface area contributed by atoms with Crippen molar-refractivity contribution in [3.05, 3.63) is 59.3 Å². The van der Waals surface area contributed by atoms with Gasteiger partial charge in [-0.15, -0.1) is 11.8 Å². The standard InChI is InChI=1S/C19H18F2N6O3S/c1-31-11-3-4-15(30-19(20)21)12(7-11)16-14(9-26(10-28)25-16)24-18(29)13-8-23-27-6-2-5-22-17(13)27/h2-7,9-10,16,19,23,25H,8H2,1H3,(H,24,29). The van der Waals surface area contributed by atoms with Crippen LogP contribution in [-0.4, -0.2) is 48.0 Å². The Kier molecular flexibility index (Phi) is 6.02. The zero-order valence-electron chi connectivity index (χ0n) is 16.2. The number of hydrogen-bond donors (Lipinski definition) is 3. The molecule has 3 heterocycles. The highest BCUT2D eigenvalue weighted by atomic mass is 32.2. The van der Waals surface area contributed by atoms with Gasteiger partial charge in [-0.1, -0.05) is 0 Å². The number of amides is 2. The predicted octanol–water partition coefficient (Wildman–Crippen LogP) is 1.62. The molecule has 31 heavy (non-hydrogen) atoms. The molecule has 0 fully saturated rings. The number of rotatable bonds is 7. The first kappa shape index (κ1) is 21.0. The Labute approximate surface area is 180 Å². The highest BCUT2D eigenvalue weighted by Crippen LogP contribution is 2.36. The molecule has 1 aromatic rings. The van der Waals surface area contributed by atoms with Crippen molar-refractivity contribution < 1.29 is 23.1 Å². The molecule has 0 saturated carbocycles. The first-order valence-electron chi connectivity index (χ1n) is 9.12. The van der Waals surface area contributed by atoms with E-state index in [0.29, 0.717) is 29.1 Å². The summed E-state index contributed by atoms with van der Waals surface area (Å²) in [6.07, 6.45) is 8.77. The van der Waals surface area contributed by atoms with Gasteiger partial charge in [0.2, 0.25) is 6.41 Å². The number of hydrogen-bond acceptors (Lipinski definition) is 8. The van der Waals surface area contributed by atoms with Crippen LogP contribution in [0.3, 0.4) is 0 Å². The molecule has 0 bridgehead atoms. The third kappa shape index (κ3) is 4.31. The van der Waals surface area contributed by atoms with Crippen molar-refractivity contribution in [2.45, 2.75) is 17.5 Å². The summed E-state index contributed by atoms with van der Waals surface area (Å²) < 4.78 is 30.6. The number of ether oxygens (including phenoxy) is 1. The number of carbonyl (C=O) groups excluding carboxylic acids is 2. The maximum absolute atomic E-state index is 12.9. The van der Waals surface area contributed by atoms with Crippen LogP contribution in [0.1, 0.15) is 11.6 Å². The molecule has 0 saturated heterocycles. The van der Waals surface area contributed by atoms with Crippen LogP contribution in [0.4, 0.5) is 8.78 Å². The lowest BCUT2D eigenvalue weighted by Gasteiger charge is -2.21. The molecule has 12 heteroatoms. The second-order valence-corrected chi connectivity index (χ2v) is 7.40. The Morgan fingerprint density at radius 3 is 3.03 bits per heavy atom. The molecular formula is C19H18F2N6O3S. The topological polar surface area (TPSA) is 98.3 Å². The zero-order valence-corrected chi connectivity index (χ0v) is 17.0. The third-order valence-corrected chi connectivity index (χ3v) is 5.42. The monoisotopic (exact) mass is 448 g/mol. The summed E-state index contributed by atoms with van der Waals surface area (Å²) in [5.41, 5.74) is 6.93. The highest BCUT2D eigenvalue weighted by Gasteiger charge is 2.33. The van der Waals surface area contributed by atoms with Gasteiger partial charge in [-0.25, -0.2) is 15.8 Å². The summed E-state index contributed by atoms with van der Waals surface area (Å²) in [5.74, 6) is -0.0296. The molecule has 3 aliphatic heterocycles. The summed E-state index contributed by atoms with van der Waals surface area (Å²) >= 11 is 1.42. The molecule has 1 atom stereocenters. The number of allylic oxidation sites excluding steroid dienone is 1. The van der Waals surface area contributed by atoms with Crippen LogP contribution >= 0.6 is 11.8 Å². The summed E-state index contributed by atoms with van der Waals surface area (Å²) in [4.78, 5) is 29.3. The third-order valence-electron chi connectivity index (χ3n) is 4.70. The molecule has 0 radical (unpaired) electrons. The van der Waals surface area contributed by atoms with E-state index in [1.54, 1.807) is 35.6 Å². The Morgan fingerprint density at radius 2 is 2.29 bits per heavy atom. The van der Waals surface area contributed by atoms with Gasteiger partial charge < -0.3 is 10.1 Å². The van der Waals surface area contributed by atoms with Crippen LogP contribution in [0.25, 0.3) is 0 Å². The SMILES string of the molecule is CSc1ccc(OC(F)F)c(C2NN(C=O)C=C2NC(=O)C2=C3N=CC=CN3NC2)c1. The van der Waals surface area contributed by atoms with E-state index in [4.69, 9.17) is 0 Å². The molecule has 4 rings (SSSR count). The van der Waals surface area contributed by atoms with Gasteiger partial charge >= 0.3 is 6.61 Å². The second-order valence-electron chi connectivity index (χ2n) is 6.52.